The summed E-state index contributed by atoms with van der Waals surface area (Å²) in [7, 11) is 0. The Bertz CT molecular complexity index is 341. The van der Waals surface area contributed by atoms with Crippen LogP contribution in [0, 0.1) is 5.41 Å². The average molecular weight is 191 g/mol. The van der Waals surface area contributed by atoms with Crippen molar-refractivity contribution in [1.82, 2.24) is 0 Å². The van der Waals surface area contributed by atoms with Crippen molar-refractivity contribution in [3.05, 3.63) is 24.3 Å². The Kier molecular flexibility index (Phi) is 2.23. The lowest BCUT2D eigenvalue weighted by atomic mass is 9.76. The number of rotatable bonds is 2. The van der Waals surface area contributed by atoms with E-state index in [9.17, 15) is 9.90 Å². The topological polar surface area (TPSA) is 49.7 Å². The van der Waals surface area contributed by atoms with E-state index in [0.717, 1.165) is 25.1 Å². The predicted molar refractivity (Wildman–Crippen MR) is 54.5 cm³/mol. The van der Waals surface area contributed by atoms with E-state index in [1.54, 1.807) is 12.2 Å². The molecule has 74 valence electrons. The summed E-state index contributed by atoms with van der Waals surface area (Å²) < 4.78 is 0. The first-order valence-corrected chi connectivity index (χ1v) is 4.87. The van der Waals surface area contributed by atoms with E-state index in [4.69, 9.17) is 0 Å². The normalized spacial score (nSPS) is 30.4. The van der Waals surface area contributed by atoms with Crippen LogP contribution in [-0.4, -0.2) is 23.3 Å². The Labute approximate surface area is 82.8 Å². The molecule has 0 saturated heterocycles. The van der Waals surface area contributed by atoms with Crippen molar-refractivity contribution in [1.29, 1.82) is 0 Å². The highest BCUT2D eigenvalue weighted by atomic mass is 16.4. The third-order valence-electron chi connectivity index (χ3n) is 2.84. The highest BCUT2D eigenvalue weighted by Crippen LogP contribution is 2.33. The van der Waals surface area contributed by atoms with Gasteiger partial charge in [-0.2, -0.15) is 0 Å². The Hall–Kier alpha value is -1.38. The van der Waals surface area contributed by atoms with Gasteiger partial charge in [0, 0.05) is 12.3 Å². The second-order valence-electron chi connectivity index (χ2n) is 3.70. The molecule has 0 spiro atoms. The Morgan fingerprint density at radius 2 is 2.36 bits per heavy atom. The number of hydrogen-bond donors (Lipinski definition) is 1. The summed E-state index contributed by atoms with van der Waals surface area (Å²) in [6.45, 7) is 0.780. The van der Waals surface area contributed by atoms with Crippen LogP contribution in [0.2, 0.25) is 0 Å². The first-order valence-electron chi connectivity index (χ1n) is 4.87. The second-order valence-corrected chi connectivity index (χ2v) is 3.70. The Morgan fingerprint density at radius 3 is 2.86 bits per heavy atom. The molecule has 2 rings (SSSR count). The molecule has 0 radical (unpaired) electrons. The number of allylic oxidation sites excluding steroid dienone is 3. The highest BCUT2D eigenvalue weighted by molar-refractivity contribution is 6.09. The molecule has 0 fully saturated rings. The van der Waals surface area contributed by atoms with E-state index in [1.807, 2.05) is 12.2 Å². The van der Waals surface area contributed by atoms with Gasteiger partial charge in [-0.25, -0.2) is 0 Å². The van der Waals surface area contributed by atoms with Crippen LogP contribution in [0.15, 0.2) is 29.3 Å². The third-order valence-corrected chi connectivity index (χ3v) is 2.84. The van der Waals surface area contributed by atoms with Crippen LogP contribution in [0.5, 0.6) is 0 Å². The minimum atomic E-state index is -0.842. The van der Waals surface area contributed by atoms with Gasteiger partial charge in [0.05, 0.1) is 0 Å². The van der Waals surface area contributed by atoms with E-state index in [-0.39, 0.29) is 0 Å². The summed E-state index contributed by atoms with van der Waals surface area (Å²) in [6, 6.07) is 0. The fourth-order valence-corrected chi connectivity index (χ4v) is 2.02. The van der Waals surface area contributed by atoms with Crippen LogP contribution in [0.1, 0.15) is 19.3 Å². The summed E-state index contributed by atoms with van der Waals surface area (Å²) in [5.41, 5.74) is -0.00350. The Morgan fingerprint density at radius 1 is 1.50 bits per heavy atom. The highest BCUT2D eigenvalue weighted by Gasteiger charge is 2.41. The van der Waals surface area contributed by atoms with Crippen molar-refractivity contribution in [2.75, 3.05) is 6.54 Å². The first-order chi connectivity index (χ1) is 6.76. The Balaban J connectivity index is 2.35. The number of nitrogens with zero attached hydrogens (tertiary/aromatic N) is 1. The molecule has 3 heteroatoms. The molecule has 1 unspecified atom stereocenters. The van der Waals surface area contributed by atoms with Crippen molar-refractivity contribution in [2.24, 2.45) is 10.4 Å². The summed E-state index contributed by atoms with van der Waals surface area (Å²) in [5, 5.41) is 9.28. The van der Waals surface area contributed by atoms with Crippen molar-refractivity contribution in [3.63, 3.8) is 0 Å². The van der Waals surface area contributed by atoms with Gasteiger partial charge in [-0.3, -0.25) is 9.79 Å². The molecule has 0 bridgehead atoms. The lowest BCUT2D eigenvalue weighted by molar-refractivity contribution is -0.142. The molecule has 2 aliphatic rings. The maximum absolute atomic E-state index is 11.3. The largest absolute Gasteiger partial charge is 0.480 e. The van der Waals surface area contributed by atoms with Gasteiger partial charge in [-0.15, -0.1) is 0 Å². The zero-order valence-corrected chi connectivity index (χ0v) is 7.94. The summed E-state index contributed by atoms with van der Waals surface area (Å²) in [4.78, 5) is 15.6. The molecular weight excluding hydrogens is 178 g/mol. The first kappa shape index (κ1) is 9.19. The molecule has 0 saturated carbocycles. The third kappa shape index (κ3) is 1.29. The molecule has 0 aromatic heterocycles. The summed E-state index contributed by atoms with van der Waals surface area (Å²) >= 11 is 0. The minimum absolute atomic E-state index is 0.539. The molecule has 3 nitrogen and oxygen atoms in total. The number of aliphatic imine (C=N–C) groups is 1. The van der Waals surface area contributed by atoms with Crippen LogP contribution in [0.3, 0.4) is 0 Å². The minimum Gasteiger partial charge on any atom is -0.480 e. The zero-order valence-electron chi connectivity index (χ0n) is 7.94. The van der Waals surface area contributed by atoms with Gasteiger partial charge in [-0.1, -0.05) is 24.3 Å². The van der Waals surface area contributed by atoms with Gasteiger partial charge in [0.2, 0.25) is 0 Å². The smallest absolute Gasteiger partial charge is 0.319 e. The molecule has 1 heterocycles. The molecule has 1 N–H and O–H groups in total. The molecule has 0 amide bonds. The maximum Gasteiger partial charge on any atom is 0.319 e. The van der Waals surface area contributed by atoms with Crippen molar-refractivity contribution in [2.45, 2.75) is 19.3 Å². The van der Waals surface area contributed by atoms with E-state index in [1.165, 1.54) is 0 Å². The molecule has 1 aliphatic heterocycles. The van der Waals surface area contributed by atoms with E-state index in [0.29, 0.717) is 6.42 Å². The van der Waals surface area contributed by atoms with E-state index < -0.39 is 11.4 Å². The number of carboxylic acids is 1. The number of carbonyl (C=O) groups is 1. The van der Waals surface area contributed by atoms with Crippen molar-refractivity contribution < 1.29 is 9.90 Å². The molecule has 1 aliphatic carbocycles. The fraction of sp³-hybridized carbons (Fsp3) is 0.455. The second kappa shape index (κ2) is 3.40. The number of aliphatic carboxylic acids is 1. The van der Waals surface area contributed by atoms with Gasteiger partial charge >= 0.3 is 5.97 Å². The van der Waals surface area contributed by atoms with Crippen LogP contribution >= 0.6 is 0 Å². The molecule has 14 heavy (non-hydrogen) atoms. The molecule has 1 atom stereocenters. The quantitative estimate of drug-likeness (QED) is 0.723. The van der Waals surface area contributed by atoms with Crippen LogP contribution < -0.4 is 0 Å². The summed E-state index contributed by atoms with van der Waals surface area (Å²) in [6.07, 6.45) is 9.70. The average Bonchev–Trinajstić information content (AvgIpc) is 2.72. The predicted octanol–water partition coefficient (Wildman–Crippen LogP) is 1.81. The lowest BCUT2D eigenvalue weighted by Gasteiger charge is -2.26. The maximum atomic E-state index is 11.3. The van der Waals surface area contributed by atoms with Gasteiger partial charge in [-0.05, 0) is 19.3 Å². The van der Waals surface area contributed by atoms with Gasteiger partial charge in [0.25, 0.3) is 0 Å². The monoisotopic (exact) mass is 191 g/mol. The van der Waals surface area contributed by atoms with Crippen molar-refractivity contribution >= 4 is 11.7 Å². The van der Waals surface area contributed by atoms with Crippen LogP contribution in [0.4, 0.5) is 0 Å². The van der Waals surface area contributed by atoms with Crippen molar-refractivity contribution in [3.8, 4) is 0 Å². The summed E-state index contributed by atoms with van der Waals surface area (Å²) in [5.74, 6) is -0.779. The molecular formula is C11H13NO2. The number of carboxylic acid groups (broad SMARTS) is 1. The molecule has 0 aromatic rings. The van der Waals surface area contributed by atoms with Crippen LogP contribution in [-0.2, 0) is 4.79 Å². The fourth-order valence-electron chi connectivity index (χ4n) is 2.02. The van der Waals surface area contributed by atoms with Crippen LogP contribution in [0.25, 0.3) is 0 Å². The lowest BCUT2D eigenvalue weighted by Crippen LogP contribution is -2.37. The van der Waals surface area contributed by atoms with Gasteiger partial charge < -0.3 is 5.11 Å². The zero-order chi connectivity index (χ0) is 10.0. The van der Waals surface area contributed by atoms with Gasteiger partial charge in [0.15, 0.2) is 0 Å². The van der Waals surface area contributed by atoms with E-state index in [2.05, 4.69) is 4.99 Å². The SMILES string of the molecule is O=C(O)C1(C2=NCCC2)C=CC=CC1. The standard InChI is InChI=1S/C11H13NO2/c13-10(14)11(6-2-1-3-7-11)9-5-4-8-12-9/h1-3,6H,4-5,7-8H2,(H,13,14). The van der Waals surface area contributed by atoms with E-state index >= 15 is 0 Å². The number of hydrogen-bond acceptors (Lipinski definition) is 2. The van der Waals surface area contributed by atoms with Gasteiger partial charge in [0.1, 0.15) is 5.41 Å². The molecule has 0 aromatic carbocycles.